The molecule has 0 spiro atoms. The first-order chi connectivity index (χ1) is 6.85. The van der Waals surface area contributed by atoms with Crippen molar-refractivity contribution in [3.05, 3.63) is 0 Å². The first kappa shape index (κ1) is 10.4. The molecule has 0 aliphatic carbocycles. The number of nitrogens with two attached hydrogens (primary N) is 1. The van der Waals surface area contributed by atoms with Crippen LogP contribution >= 0.6 is 0 Å². The Morgan fingerprint density at radius 3 is 2.57 bits per heavy atom. The molecular weight excluding hydrogens is 178 g/mol. The van der Waals surface area contributed by atoms with Crippen molar-refractivity contribution < 1.29 is 9.47 Å². The summed E-state index contributed by atoms with van der Waals surface area (Å²) in [6.07, 6.45) is 6.29. The van der Waals surface area contributed by atoms with Crippen LogP contribution in [0.2, 0.25) is 0 Å². The second-order valence-corrected chi connectivity index (χ2v) is 4.66. The minimum absolute atomic E-state index is 0.313. The van der Waals surface area contributed by atoms with Gasteiger partial charge in [0.1, 0.15) is 0 Å². The summed E-state index contributed by atoms with van der Waals surface area (Å²) in [5.74, 6) is 0. The lowest BCUT2D eigenvalue weighted by molar-refractivity contribution is -0.0151. The van der Waals surface area contributed by atoms with Gasteiger partial charge in [-0.25, -0.2) is 0 Å². The fourth-order valence-electron chi connectivity index (χ4n) is 2.58. The standard InChI is InChI=1S/C11H21NO2/c12-9-11(3-6-13-7-4-11)8-10-2-1-5-14-10/h10H,1-9,12H2. The number of hydrogen-bond acceptors (Lipinski definition) is 3. The number of hydrogen-bond donors (Lipinski definition) is 1. The average molecular weight is 199 g/mol. The zero-order valence-electron chi connectivity index (χ0n) is 8.84. The van der Waals surface area contributed by atoms with Gasteiger partial charge >= 0.3 is 0 Å². The molecule has 82 valence electrons. The molecule has 0 aromatic heterocycles. The summed E-state index contributed by atoms with van der Waals surface area (Å²) in [5, 5.41) is 0. The highest BCUT2D eigenvalue weighted by molar-refractivity contribution is 4.86. The maximum absolute atomic E-state index is 5.91. The van der Waals surface area contributed by atoms with Gasteiger partial charge in [-0.3, -0.25) is 0 Å². The summed E-state index contributed by atoms with van der Waals surface area (Å²) in [7, 11) is 0. The molecule has 2 aliphatic rings. The summed E-state index contributed by atoms with van der Waals surface area (Å²) in [5.41, 5.74) is 6.22. The van der Waals surface area contributed by atoms with E-state index in [9.17, 15) is 0 Å². The van der Waals surface area contributed by atoms with Crippen molar-refractivity contribution in [1.29, 1.82) is 0 Å². The Labute approximate surface area is 85.9 Å². The molecule has 2 heterocycles. The van der Waals surface area contributed by atoms with Crippen LogP contribution in [0, 0.1) is 5.41 Å². The van der Waals surface area contributed by atoms with Crippen LogP contribution in [0.15, 0.2) is 0 Å². The van der Waals surface area contributed by atoms with Crippen LogP contribution in [0.1, 0.15) is 32.1 Å². The summed E-state index contributed by atoms with van der Waals surface area (Å²) in [4.78, 5) is 0. The predicted molar refractivity (Wildman–Crippen MR) is 55.1 cm³/mol. The Bertz CT molecular complexity index is 172. The van der Waals surface area contributed by atoms with Crippen LogP contribution in [0.25, 0.3) is 0 Å². The quantitative estimate of drug-likeness (QED) is 0.745. The van der Waals surface area contributed by atoms with Crippen LogP contribution < -0.4 is 5.73 Å². The molecule has 0 aromatic carbocycles. The second-order valence-electron chi connectivity index (χ2n) is 4.66. The third-order valence-corrected chi connectivity index (χ3v) is 3.67. The van der Waals surface area contributed by atoms with E-state index in [2.05, 4.69) is 0 Å². The Morgan fingerprint density at radius 1 is 1.21 bits per heavy atom. The SMILES string of the molecule is NCC1(CC2CCCO2)CCOCC1. The molecule has 2 fully saturated rings. The Hall–Kier alpha value is -0.120. The van der Waals surface area contributed by atoms with Crippen molar-refractivity contribution in [2.75, 3.05) is 26.4 Å². The molecule has 2 N–H and O–H groups in total. The zero-order valence-corrected chi connectivity index (χ0v) is 8.84. The second kappa shape index (κ2) is 4.60. The minimum Gasteiger partial charge on any atom is -0.381 e. The smallest absolute Gasteiger partial charge is 0.0581 e. The van der Waals surface area contributed by atoms with E-state index in [1.165, 1.54) is 12.8 Å². The molecule has 0 radical (unpaired) electrons. The highest BCUT2D eigenvalue weighted by Gasteiger charge is 2.34. The van der Waals surface area contributed by atoms with Crippen LogP contribution in [0.3, 0.4) is 0 Å². The van der Waals surface area contributed by atoms with Gasteiger partial charge in [0.15, 0.2) is 0 Å². The monoisotopic (exact) mass is 199 g/mol. The van der Waals surface area contributed by atoms with E-state index in [4.69, 9.17) is 15.2 Å². The van der Waals surface area contributed by atoms with Crippen LogP contribution in [-0.2, 0) is 9.47 Å². The van der Waals surface area contributed by atoms with Gasteiger partial charge in [-0.2, -0.15) is 0 Å². The third kappa shape index (κ3) is 2.27. The fourth-order valence-corrected chi connectivity index (χ4v) is 2.58. The van der Waals surface area contributed by atoms with Crippen molar-refractivity contribution >= 4 is 0 Å². The molecule has 3 heteroatoms. The molecule has 0 bridgehead atoms. The lowest BCUT2D eigenvalue weighted by Crippen LogP contribution is -2.39. The van der Waals surface area contributed by atoms with E-state index in [-0.39, 0.29) is 0 Å². The molecule has 2 aliphatic heterocycles. The lowest BCUT2D eigenvalue weighted by atomic mass is 9.75. The van der Waals surface area contributed by atoms with Gasteiger partial charge < -0.3 is 15.2 Å². The van der Waals surface area contributed by atoms with Crippen molar-refractivity contribution in [2.24, 2.45) is 11.1 Å². The number of ether oxygens (including phenoxy) is 2. The lowest BCUT2D eigenvalue weighted by Gasteiger charge is -2.37. The van der Waals surface area contributed by atoms with Gasteiger partial charge in [-0.15, -0.1) is 0 Å². The summed E-state index contributed by atoms with van der Waals surface area (Å²) < 4.78 is 11.1. The van der Waals surface area contributed by atoms with E-state index < -0.39 is 0 Å². The molecular formula is C11H21NO2. The fraction of sp³-hybridized carbons (Fsp3) is 1.00. The van der Waals surface area contributed by atoms with Gasteiger partial charge in [-0.1, -0.05) is 0 Å². The Morgan fingerprint density at radius 2 is 2.00 bits per heavy atom. The van der Waals surface area contributed by atoms with E-state index >= 15 is 0 Å². The Kier molecular flexibility index (Phi) is 3.42. The topological polar surface area (TPSA) is 44.5 Å². The maximum atomic E-state index is 5.91. The van der Waals surface area contributed by atoms with Crippen LogP contribution in [-0.4, -0.2) is 32.5 Å². The summed E-state index contributed by atoms with van der Waals surface area (Å²) in [6, 6.07) is 0. The van der Waals surface area contributed by atoms with E-state index in [1.807, 2.05) is 0 Å². The molecule has 1 atom stereocenters. The van der Waals surface area contributed by atoms with Gasteiger partial charge in [0.05, 0.1) is 6.10 Å². The van der Waals surface area contributed by atoms with Crippen molar-refractivity contribution in [3.8, 4) is 0 Å². The van der Waals surface area contributed by atoms with E-state index in [0.29, 0.717) is 11.5 Å². The molecule has 1 unspecified atom stereocenters. The van der Waals surface area contributed by atoms with E-state index in [1.54, 1.807) is 0 Å². The van der Waals surface area contributed by atoms with Gasteiger partial charge in [-0.05, 0) is 44.1 Å². The summed E-state index contributed by atoms with van der Waals surface area (Å²) in [6.45, 7) is 3.49. The normalized spacial score (nSPS) is 31.9. The first-order valence-electron chi connectivity index (χ1n) is 5.74. The number of rotatable bonds is 3. The van der Waals surface area contributed by atoms with Gasteiger partial charge in [0.25, 0.3) is 0 Å². The highest BCUT2D eigenvalue weighted by Crippen LogP contribution is 2.36. The molecule has 2 rings (SSSR count). The highest BCUT2D eigenvalue weighted by atomic mass is 16.5. The first-order valence-corrected chi connectivity index (χ1v) is 5.74. The van der Waals surface area contributed by atoms with Crippen molar-refractivity contribution in [2.45, 2.75) is 38.2 Å². The molecule has 2 saturated heterocycles. The summed E-state index contributed by atoms with van der Waals surface area (Å²) >= 11 is 0. The molecule has 0 aromatic rings. The molecule has 14 heavy (non-hydrogen) atoms. The van der Waals surface area contributed by atoms with Gasteiger partial charge in [0.2, 0.25) is 0 Å². The average Bonchev–Trinajstić information content (AvgIpc) is 2.72. The molecule has 0 saturated carbocycles. The third-order valence-electron chi connectivity index (χ3n) is 3.67. The maximum Gasteiger partial charge on any atom is 0.0581 e. The van der Waals surface area contributed by atoms with Crippen LogP contribution in [0.5, 0.6) is 0 Å². The van der Waals surface area contributed by atoms with Crippen molar-refractivity contribution in [3.63, 3.8) is 0 Å². The van der Waals surface area contributed by atoms with Gasteiger partial charge in [0, 0.05) is 19.8 Å². The van der Waals surface area contributed by atoms with E-state index in [0.717, 1.165) is 45.6 Å². The molecule has 0 amide bonds. The predicted octanol–water partition coefficient (Wildman–Crippen LogP) is 1.31. The largest absolute Gasteiger partial charge is 0.381 e. The Balaban J connectivity index is 1.89. The van der Waals surface area contributed by atoms with Crippen molar-refractivity contribution in [1.82, 2.24) is 0 Å². The minimum atomic E-state index is 0.313. The molecule has 3 nitrogen and oxygen atoms in total. The zero-order chi connectivity index (χ0) is 9.86. The van der Waals surface area contributed by atoms with Crippen LogP contribution in [0.4, 0.5) is 0 Å².